The molecule has 6 heteroatoms. The van der Waals surface area contributed by atoms with E-state index in [0.717, 1.165) is 5.69 Å². The van der Waals surface area contributed by atoms with Gasteiger partial charge < -0.3 is 10.0 Å². The number of aliphatic carboxylic acids is 1. The molecule has 0 radical (unpaired) electrons. The molecule has 0 aliphatic heterocycles. The van der Waals surface area contributed by atoms with E-state index in [1.165, 1.54) is 16.2 Å². The molecule has 2 rings (SSSR count). The molecular formula is C15H16N2O3S. The molecule has 2 aromatic heterocycles. The molecule has 1 atom stereocenters. The van der Waals surface area contributed by atoms with Gasteiger partial charge in [0.15, 0.2) is 0 Å². The second-order valence-corrected chi connectivity index (χ2v) is 5.67. The smallest absolute Gasteiger partial charge is 0.308 e. The Morgan fingerprint density at radius 1 is 1.33 bits per heavy atom. The van der Waals surface area contributed by atoms with Gasteiger partial charge in [-0.2, -0.15) is 0 Å². The van der Waals surface area contributed by atoms with E-state index in [2.05, 4.69) is 4.98 Å². The number of carboxylic acid groups (broad SMARTS) is 1. The predicted molar refractivity (Wildman–Crippen MR) is 80.1 cm³/mol. The van der Waals surface area contributed by atoms with E-state index in [1.54, 1.807) is 31.3 Å². The summed E-state index contributed by atoms with van der Waals surface area (Å²) in [5.74, 6) is -1.71. The first-order valence-corrected chi connectivity index (χ1v) is 7.41. The van der Waals surface area contributed by atoms with Gasteiger partial charge in [0.25, 0.3) is 5.91 Å². The Morgan fingerprint density at radius 2 is 2.14 bits per heavy atom. The molecule has 2 heterocycles. The monoisotopic (exact) mass is 304 g/mol. The largest absolute Gasteiger partial charge is 0.481 e. The Bertz CT molecular complexity index is 599. The summed E-state index contributed by atoms with van der Waals surface area (Å²) in [5.41, 5.74) is 0.736. The van der Waals surface area contributed by atoms with Crippen molar-refractivity contribution in [2.24, 2.45) is 5.92 Å². The van der Waals surface area contributed by atoms with Gasteiger partial charge in [-0.15, -0.1) is 11.3 Å². The SMILES string of the molecule is CC(CN(Cc1ccccn1)C(=O)c1cccs1)C(=O)O. The minimum Gasteiger partial charge on any atom is -0.481 e. The van der Waals surface area contributed by atoms with Crippen LogP contribution in [0.4, 0.5) is 0 Å². The molecule has 110 valence electrons. The highest BCUT2D eigenvalue weighted by atomic mass is 32.1. The number of carboxylic acids is 1. The van der Waals surface area contributed by atoms with Crippen LogP contribution in [0.5, 0.6) is 0 Å². The maximum Gasteiger partial charge on any atom is 0.308 e. The maximum atomic E-state index is 12.5. The zero-order valence-corrected chi connectivity index (χ0v) is 12.4. The summed E-state index contributed by atoms with van der Waals surface area (Å²) >= 11 is 1.35. The van der Waals surface area contributed by atoms with Crippen molar-refractivity contribution in [3.8, 4) is 0 Å². The molecular weight excluding hydrogens is 288 g/mol. The second-order valence-electron chi connectivity index (χ2n) is 4.72. The molecule has 0 aliphatic carbocycles. The standard InChI is InChI=1S/C15H16N2O3S/c1-11(15(19)20)9-17(10-12-5-2-3-7-16-12)14(18)13-6-4-8-21-13/h2-8,11H,9-10H2,1H3,(H,19,20). The summed E-state index contributed by atoms with van der Waals surface area (Å²) in [5, 5.41) is 10.9. The predicted octanol–water partition coefficient (Wildman–Crippen LogP) is 2.51. The Kier molecular flexibility index (Phi) is 5.05. The number of pyridine rings is 1. The number of aromatic nitrogens is 1. The number of amides is 1. The summed E-state index contributed by atoms with van der Waals surface area (Å²) in [6.45, 7) is 2.05. The number of hydrogen-bond acceptors (Lipinski definition) is 4. The Morgan fingerprint density at radius 3 is 2.71 bits per heavy atom. The number of thiophene rings is 1. The summed E-state index contributed by atoms with van der Waals surface area (Å²) in [6, 6.07) is 9.01. The maximum absolute atomic E-state index is 12.5. The van der Waals surface area contributed by atoms with Crippen LogP contribution in [0.1, 0.15) is 22.3 Å². The summed E-state index contributed by atoms with van der Waals surface area (Å²) < 4.78 is 0. The van der Waals surface area contributed by atoms with Crippen LogP contribution in [0.2, 0.25) is 0 Å². The molecule has 0 bridgehead atoms. The first-order valence-electron chi connectivity index (χ1n) is 6.53. The molecule has 21 heavy (non-hydrogen) atoms. The second kappa shape index (κ2) is 6.99. The first kappa shape index (κ1) is 15.2. The fourth-order valence-electron chi connectivity index (χ4n) is 1.87. The molecule has 0 aliphatic rings. The number of rotatable bonds is 6. The van der Waals surface area contributed by atoms with Crippen LogP contribution >= 0.6 is 11.3 Å². The molecule has 1 N–H and O–H groups in total. The van der Waals surface area contributed by atoms with Crippen molar-refractivity contribution >= 4 is 23.2 Å². The van der Waals surface area contributed by atoms with Crippen molar-refractivity contribution in [2.75, 3.05) is 6.54 Å². The van der Waals surface area contributed by atoms with Crippen molar-refractivity contribution < 1.29 is 14.7 Å². The van der Waals surface area contributed by atoms with Gasteiger partial charge in [-0.1, -0.05) is 19.1 Å². The molecule has 2 aromatic rings. The zero-order valence-electron chi connectivity index (χ0n) is 11.6. The van der Waals surface area contributed by atoms with Gasteiger partial charge in [0, 0.05) is 12.7 Å². The lowest BCUT2D eigenvalue weighted by Gasteiger charge is -2.23. The van der Waals surface area contributed by atoms with Gasteiger partial charge in [-0.3, -0.25) is 14.6 Å². The Hall–Kier alpha value is -2.21. The highest BCUT2D eigenvalue weighted by Gasteiger charge is 2.22. The van der Waals surface area contributed by atoms with Crippen molar-refractivity contribution in [3.63, 3.8) is 0 Å². The third-order valence-corrected chi connectivity index (χ3v) is 3.87. The van der Waals surface area contributed by atoms with E-state index >= 15 is 0 Å². The Labute approximate surface area is 126 Å². The van der Waals surface area contributed by atoms with Crippen LogP contribution in [0.25, 0.3) is 0 Å². The lowest BCUT2D eigenvalue weighted by atomic mass is 10.1. The molecule has 0 saturated carbocycles. The van der Waals surface area contributed by atoms with Gasteiger partial charge in [0.1, 0.15) is 0 Å². The van der Waals surface area contributed by atoms with E-state index < -0.39 is 11.9 Å². The molecule has 5 nitrogen and oxygen atoms in total. The molecule has 0 fully saturated rings. The van der Waals surface area contributed by atoms with Crippen molar-refractivity contribution in [1.29, 1.82) is 0 Å². The normalized spacial score (nSPS) is 11.9. The first-order chi connectivity index (χ1) is 10.1. The highest BCUT2D eigenvalue weighted by Crippen LogP contribution is 2.15. The highest BCUT2D eigenvalue weighted by molar-refractivity contribution is 7.12. The van der Waals surface area contributed by atoms with Gasteiger partial charge >= 0.3 is 5.97 Å². The summed E-state index contributed by atoms with van der Waals surface area (Å²) in [6.07, 6.45) is 1.66. The zero-order chi connectivity index (χ0) is 15.2. The van der Waals surface area contributed by atoms with Crippen molar-refractivity contribution in [1.82, 2.24) is 9.88 Å². The van der Waals surface area contributed by atoms with Crippen LogP contribution in [0, 0.1) is 5.92 Å². The fraction of sp³-hybridized carbons (Fsp3) is 0.267. The summed E-state index contributed by atoms with van der Waals surface area (Å²) in [4.78, 5) is 29.9. The third kappa shape index (κ3) is 4.13. The van der Waals surface area contributed by atoms with Crippen LogP contribution < -0.4 is 0 Å². The van der Waals surface area contributed by atoms with Gasteiger partial charge in [0.2, 0.25) is 0 Å². The van der Waals surface area contributed by atoms with Gasteiger partial charge in [-0.25, -0.2) is 0 Å². The van der Waals surface area contributed by atoms with E-state index in [1.807, 2.05) is 17.5 Å². The minimum atomic E-state index is -0.917. The molecule has 0 aromatic carbocycles. The van der Waals surface area contributed by atoms with Gasteiger partial charge in [-0.05, 0) is 23.6 Å². The number of carbonyl (C=O) groups is 2. The van der Waals surface area contributed by atoms with Crippen LogP contribution in [0.3, 0.4) is 0 Å². The van der Waals surface area contributed by atoms with Crippen LogP contribution in [-0.2, 0) is 11.3 Å². The Balaban J connectivity index is 2.17. The van der Waals surface area contributed by atoms with Crippen molar-refractivity contribution in [3.05, 3.63) is 52.5 Å². The lowest BCUT2D eigenvalue weighted by Crippen LogP contribution is -2.36. The third-order valence-electron chi connectivity index (χ3n) is 3.01. The number of hydrogen-bond donors (Lipinski definition) is 1. The van der Waals surface area contributed by atoms with E-state index in [9.17, 15) is 9.59 Å². The fourth-order valence-corrected chi connectivity index (χ4v) is 2.56. The quantitative estimate of drug-likeness (QED) is 0.890. The van der Waals surface area contributed by atoms with E-state index in [4.69, 9.17) is 5.11 Å². The van der Waals surface area contributed by atoms with Gasteiger partial charge in [0.05, 0.1) is 23.0 Å². The van der Waals surface area contributed by atoms with Crippen LogP contribution in [-0.4, -0.2) is 33.4 Å². The van der Waals surface area contributed by atoms with Crippen molar-refractivity contribution in [2.45, 2.75) is 13.5 Å². The molecule has 1 amide bonds. The minimum absolute atomic E-state index is 0.155. The van der Waals surface area contributed by atoms with E-state index in [-0.39, 0.29) is 12.5 Å². The molecule has 1 unspecified atom stereocenters. The number of carbonyl (C=O) groups excluding carboxylic acids is 1. The summed E-state index contributed by atoms with van der Waals surface area (Å²) in [7, 11) is 0. The molecule has 0 saturated heterocycles. The lowest BCUT2D eigenvalue weighted by molar-refractivity contribution is -0.141. The average molecular weight is 304 g/mol. The average Bonchev–Trinajstić information content (AvgIpc) is 3.01. The van der Waals surface area contributed by atoms with Crippen LogP contribution in [0.15, 0.2) is 41.9 Å². The number of nitrogens with zero attached hydrogens (tertiary/aromatic N) is 2. The molecule has 0 spiro atoms. The van der Waals surface area contributed by atoms with E-state index in [0.29, 0.717) is 11.4 Å². The topological polar surface area (TPSA) is 70.5 Å².